The summed E-state index contributed by atoms with van der Waals surface area (Å²) in [5.74, 6) is 1.35. The predicted molar refractivity (Wildman–Crippen MR) is 105 cm³/mol. The first-order valence-electron chi connectivity index (χ1n) is 8.38. The van der Waals surface area contributed by atoms with Gasteiger partial charge in [-0.3, -0.25) is 4.79 Å². The van der Waals surface area contributed by atoms with Crippen LogP contribution >= 0.6 is 12.4 Å². The van der Waals surface area contributed by atoms with Gasteiger partial charge >= 0.3 is 0 Å². The number of likely N-dealkylation sites (tertiary alicyclic amines) is 1. The quantitative estimate of drug-likeness (QED) is 0.909. The van der Waals surface area contributed by atoms with Gasteiger partial charge in [-0.15, -0.1) is 12.4 Å². The molecule has 2 heterocycles. The Balaban J connectivity index is 0.00000225. The molecule has 5 nitrogen and oxygen atoms in total. The molecule has 0 saturated carbocycles. The number of hydrogen-bond acceptors (Lipinski definition) is 4. The van der Waals surface area contributed by atoms with Gasteiger partial charge < -0.3 is 15.1 Å². The van der Waals surface area contributed by atoms with Crippen LogP contribution in [0.4, 0.5) is 11.6 Å². The number of amides is 1. The highest BCUT2D eigenvalue weighted by Crippen LogP contribution is 2.21. The first-order valence-corrected chi connectivity index (χ1v) is 8.38. The zero-order valence-corrected chi connectivity index (χ0v) is 15.5. The molecule has 2 aromatic rings. The second-order valence-electron chi connectivity index (χ2n) is 6.35. The molecule has 6 heteroatoms. The summed E-state index contributed by atoms with van der Waals surface area (Å²) in [7, 11) is 4.25. The number of rotatable bonds is 4. The van der Waals surface area contributed by atoms with Crippen molar-refractivity contribution in [3.8, 4) is 0 Å². The van der Waals surface area contributed by atoms with Crippen molar-refractivity contribution >= 4 is 29.9 Å². The minimum Gasteiger partial charge on any atom is -0.357 e. The van der Waals surface area contributed by atoms with Gasteiger partial charge in [-0.1, -0.05) is 24.3 Å². The van der Waals surface area contributed by atoms with Crippen molar-refractivity contribution in [2.75, 3.05) is 37.4 Å². The van der Waals surface area contributed by atoms with E-state index in [1.54, 1.807) is 12.1 Å². The number of nitrogens with one attached hydrogen (secondary N) is 1. The molecule has 1 aliphatic rings. The minimum absolute atomic E-state index is 0. The molecule has 25 heavy (non-hydrogen) atoms. The Morgan fingerprint density at radius 1 is 1.12 bits per heavy atom. The fraction of sp³-hybridized carbons (Fsp3) is 0.368. The average Bonchev–Trinajstić information content (AvgIpc) is 2.63. The van der Waals surface area contributed by atoms with Crippen molar-refractivity contribution in [1.29, 1.82) is 0 Å². The Labute approximate surface area is 155 Å². The molecule has 0 aliphatic carbocycles. The SMILES string of the molecule is CN1CCC(N(C)c2cccc(NC(=O)c3ccccc3)n2)CC1.Cl. The zero-order chi connectivity index (χ0) is 16.9. The number of carbonyl (C=O) groups excluding carboxylic acids is 1. The number of piperidine rings is 1. The highest BCUT2D eigenvalue weighted by Gasteiger charge is 2.21. The molecular formula is C19H25ClN4O. The Morgan fingerprint density at radius 3 is 2.48 bits per heavy atom. The van der Waals surface area contributed by atoms with Crippen LogP contribution in [0.5, 0.6) is 0 Å². The van der Waals surface area contributed by atoms with Crippen LogP contribution < -0.4 is 10.2 Å². The van der Waals surface area contributed by atoms with Gasteiger partial charge in [0.25, 0.3) is 5.91 Å². The smallest absolute Gasteiger partial charge is 0.256 e. The lowest BCUT2D eigenvalue weighted by molar-refractivity contribution is 0.102. The maximum atomic E-state index is 12.3. The van der Waals surface area contributed by atoms with E-state index in [0.29, 0.717) is 17.4 Å². The fourth-order valence-corrected chi connectivity index (χ4v) is 3.04. The number of nitrogens with zero attached hydrogens (tertiary/aromatic N) is 3. The monoisotopic (exact) mass is 360 g/mol. The second kappa shape index (κ2) is 8.83. The summed E-state index contributed by atoms with van der Waals surface area (Å²) in [4.78, 5) is 21.5. The van der Waals surface area contributed by atoms with E-state index in [2.05, 4.69) is 34.2 Å². The molecule has 0 unspecified atom stereocenters. The molecule has 3 rings (SSSR count). The summed E-state index contributed by atoms with van der Waals surface area (Å²) in [5.41, 5.74) is 0.633. The minimum atomic E-state index is -0.137. The molecule has 1 aliphatic heterocycles. The maximum absolute atomic E-state index is 12.3. The summed E-state index contributed by atoms with van der Waals surface area (Å²) < 4.78 is 0. The summed E-state index contributed by atoms with van der Waals surface area (Å²) in [6.45, 7) is 2.22. The van der Waals surface area contributed by atoms with Crippen molar-refractivity contribution in [2.24, 2.45) is 0 Å². The van der Waals surface area contributed by atoms with Gasteiger partial charge in [-0.2, -0.15) is 0 Å². The van der Waals surface area contributed by atoms with Gasteiger partial charge in [-0.25, -0.2) is 4.98 Å². The van der Waals surface area contributed by atoms with E-state index in [-0.39, 0.29) is 18.3 Å². The van der Waals surface area contributed by atoms with Gasteiger partial charge in [0.1, 0.15) is 11.6 Å². The lowest BCUT2D eigenvalue weighted by Gasteiger charge is -2.35. The van der Waals surface area contributed by atoms with E-state index in [0.717, 1.165) is 31.7 Å². The number of aromatic nitrogens is 1. The van der Waals surface area contributed by atoms with E-state index in [1.807, 2.05) is 36.4 Å². The molecule has 1 aromatic carbocycles. The third kappa shape index (κ3) is 4.94. The van der Waals surface area contributed by atoms with Gasteiger partial charge in [0.2, 0.25) is 0 Å². The Hall–Kier alpha value is -2.11. The van der Waals surface area contributed by atoms with Crippen molar-refractivity contribution in [2.45, 2.75) is 18.9 Å². The summed E-state index contributed by atoms with van der Waals surface area (Å²) >= 11 is 0. The first kappa shape index (κ1) is 19.2. The Bertz CT molecular complexity index is 687. The molecule has 1 amide bonds. The molecule has 1 aromatic heterocycles. The summed E-state index contributed by atoms with van der Waals surface area (Å²) in [6, 6.07) is 15.4. The summed E-state index contributed by atoms with van der Waals surface area (Å²) in [5, 5.41) is 2.88. The van der Waals surface area contributed by atoms with E-state index in [1.165, 1.54) is 0 Å². The lowest BCUT2D eigenvalue weighted by atomic mass is 10.0. The average molecular weight is 361 g/mol. The van der Waals surface area contributed by atoms with E-state index >= 15 is 0 Å². The second-order valence-corrected chi connectivity index (χ2v) is 6.35. The highest BCUT2D eigenvalue weighted by molar-refractivity contribution is 6.03. The van der Waals surface area contributed by atoms with Crippen molar-refractivity contribution in [3.63, 3.8) is 0 Å². The van der Waals surface area contributed by atoms with Gasteiger partial charge in [0, 0.05) is 18.7 Å². The number of carbonyl (C=O) groups is 1. The van der Waals surface area contributed by atoms with Crippen LogP contribution in [0.3, 0.4) is 0 Å². The normalized spacial score (nSPS) is 15.3. The van der Waals surface area contributed by atoms with E-state index in [4.69, 9.17) is 0 Å². The van der Waals surface area contributed by atoms with Crippen LogP contribution in [0, 0.1) is 0 Å². The maximum Gasteiger partial charge on any atom is 0.256 e. The van der Waals surface area contributed by atoms with Crippen LogP contribution in [-0.2, 0) is 0 Å². The van der Waals surface area contributed by atoms with Crippen LogP contribution in [0.15, 0.2) is 48.5 Å². The van der Waals surface area contributed by atoms with Crippen LogP contribution in [0.1, 0.15) is 23.2 Å². The Kier molecular flexibility index (Phi) is 6.79. The van der Waals surface area contributed by atoms with E-state index in [9.17, 15) is 4.79 Å². The highest BCUT2D eigenvalue weighted by atomic mass is 35.5. The molecule has 1 fully saturated rings. The number of anilines is 2. The number of pyridine rings is 1. The first-order chi connectivity index (χ1) is 11.6. The lowest BCUT2D eigenvalue weighted by Crippen LogP contribution is -2.42. The van der Waals surface area contributed by atoms with Crippen molar-refractivity contribution in [3.05, 3.63) is 54.1 Å². The third-order valence-electron chi connectivity index (χ3n) is 4.61. The van der Waals surface area contributed by atoms with Crippen molar-refractivity contribution in [1.82, 2.24) is 9.88 Å². The van der Waals surface area contributed by atoms with Gasteiger partial charge in [0.05, 0.1) is 0 Å². The van der Waals surface area contributed by atoms with Crippen LogP contribution in [0.2, 0.25) is 0 Å². The molecular weight excluding hydrogens is 336 g/mol. The molecule has 0 bridgehead atoms. The Morgan fingerprint density at radius 2 is 1.80 bits per heavy atom. The van der Waals surface area contributed by atoms with Crippen molar-refractivity contribution < 1.29 is 4.79 Å². The molecule has 0 spiro atoms. The van der Waals surface area contributed by atoms with E-state index < -0.39 is 0 Å². The largest absolute Gasteiger partial charge is 0.357 e. The van der Waals surface area contributed by atoms with Gasteiger partial charge in [0.15, 0.2) is 0 Å². The topological polar surface area (TPSA) is 48.5 Å². The number of hydrogen-bond donors (Lipinski definition) is 1. The molecule has 0 atom stereocenters. The third-order valence-corrected chi connectivity index (χ3v) is 4.61. The summed E-state index contributed by atoms with van der Waals surface area (Å²) in [6.07, 6.45) is 2.27. The standard InChI is InChI=1S/C19H24N4O.ClH/c1-22-13-11-16(12-14-22)23(2)18-10-6-9-17(20-18)21-19(24)15-7-4-3-5-8-15;/h3-10,16H,11-14H2,1-2H3,(H,20,21,24);1H. The molecule has 134 valence electrons. The fourth-order valence-electron chi connectivity index (χ4n) is 3.04. The zero-order valence-electron chi connectivity index (χ0n) is 14.7. The number of benzene rings is 1. The van der Waals surface area contributed by atoms with Crippen LogP contribution in [-0.4, -0.2) is 49.0 Å². The van der Waals surface area contributed by atoms with Crippen LogP contribution in [0.25, 0.3) is 0 Å². The molecule has 1 N–H and O–H groups in total. The molecule has 0 radical (unpaired) electrons. The molecule has 1 saturated heterocycles. The predicted octanol–water partition coefficient (Wildman–Crippen LogP) is 3.29. The van der Waals surface area contributed by atoms with Gasteiger partial charge in [-0.05, 0) is 57.2 Å². The number of halogens is 1.